The topological polar surface area (TPSA) is 93.5 Å². The molecule has 21 heavy (non-hydrogen) atoms. The summed E-state index contributed by atoms with van der Waals surface area (Å²) in [5, 5.41) is 6.43. The molecule has 1 aromatic heterocycles. The van der Waals surface area contributed by atoms with Crippen LogP contribution in [0, 0.1) is 12.3 Å². The Morgan fingerprint density at radius 3 is 2.86 bits per heavy atom. The highest BCUT2D eigenvalue weighted by atomic mass is 32.2. The van der Waals surface area contributed by atoms with Crippen molar-refractivity contribution in [2.24, 2.45) is 0 Å². The number of rotatable bonds is 6. The highest BCUT2D eigenvalue weighted by molar-refractivity contribution is 7.92. The van der Waals surface area contributed by atoms with Gasteiger partial charge in [-0.2, -0.15) is 0 Å². The minimum atomic E-state index is -3.77. The molecule has 0 bridgehead atoms. The van der Waals surface area contributed by atoms with E-state index >= 15 is 0 Å². The van der Waals surface area contributed by atoms with E-state index in [4.69, 9.17) is 11.2 Å². The molecule has 7 nitrogen and oxygen atoms in total. The second-order valence-electron chi connectivity index (χ2n) is 3.91. The molecule has 2 aromatic rings. The largest absolute Gasteiger partial charge is 0.495 e. The Morgan fingerprint density at radius 1 is 1.43 bits per heavy atom. The van der Waals surface area contributed by atoms with Crippen LogP contribution in [-0.2, 0) is 10.0 Å². The molecule has 2 rings (SSSR count). The van der Waals surface area contributed by atoms with Gasteiger partial charge in [0.15, 0.2) is 5.82 Å². The van der Waals surface area contributed by atoms with E-state index in [1.54, 1.807) is 6.07 Å². The minimum absolute atomic E-state index is 0.0357. The molecule has 0 atom stereocenters. The Bertz CT molecular complexity index is 748. The fraction of sp³-hybridized carbons (Fsp3) is 0.154. The Morgan fingerprint density at radius 2 is 2.24 bits per heavy atom. The van der Waals surface area contributed by atoms with E-state index in [9.17, 15) is 8.42 Å². The Labute approximate surface area is 122 Å². The molecule has 8 heteroatoms. The van der Waals surface area contributed by atoms with E-state index in [0.29, 0.717) is 18.0 Å². The number of nitrogens with zero attached hydrogens (tertiary/aromatic N) is 1. The Kier molecular flexibility index (Phi) is 4.35. The standard InChI is InChI=1S/C13H13N3O4S/c1-3-7-14-11-5-4-10(9-12(11)19-2)21(17,18)16-13-6-8-20-15-13/h1,4-6,8-9,14H,7H2,2H3,(H,15,16). The lowest BCUT2D eigenvalue weighted by molar-refractivity contribution is 0.415. The van der Waals surface area contributed by atoms with Crippen LogP contribution in [0.4, 0.5) is 11.5 Å². The van der Waals surface area contributed by atoms with E-state index in [-0.39, 0.29) is 10.7 Å². The molecule has 0 radical (unpaired) electrons. The third-order valence-electron chi connectivity index (χ3n) is 2.54. The van der Waals surface area contributed by atoms with Gasteiger partial charge in [0.25, 0.3) is 10.0 Å². The summed E-state index contributed by atoms with van der Waals surface area (Å²) < 4.78 is 36.4. The third-order valence-corrected chi connectivity index (χ3v) is 3.89. The lowest BCUT2D eigenvalue weighted by Gasteiger charge is -2.11. The van der Waals surface area contributed by atoms with E-state index in [1.165, 1.54) is 31.6 Å². The molecule has 0 aliphatic heterocycles. The highest BCUT2D eigenvalue weighted by Gasteiger charge is 2.17. The summed E-state index contributed by atoms with van der Waals surface area (Å²) in [5.74, 6) is 2.90. The lowest BCUT2D eigenvalue weighted by atomic mass is 10.3. The van der Waals surface area contributed by atoms with Crippen LogP contribution in [0.2, 0.25) is 0 Å². The van der Waals surface area contributed by atoms with Crippen LogP contribution in [0.25, 0.3) is 0 Å². The molecule has 0 aliphatic rings. The number of nitrogens with one attached hydrogen (secondary N) is 2. The molecular weight excluding hydrogens is 294 g/mol. The van der Waals surface area contributed by atoms with Crippen molar-refractivity contribution in [3.8, 4) is 18.1 Å². The predicted octanol–water partition coefficient (Wildman–Crippen LogP) is 1.53. The van der Waals surface area contributed by atoms with Gasteiger partial charge in [-0.15, -0.1) is 6.42 Å². The second-order valence-corrected chi connectivity index (χ2v) is 5.59. The molecule has 0 amide bonds. The molecule has 0 saturated carbocycles. The lowest BCUT2D eigenvalue weighted by Crippen LogP contribution is -2.13. The monoisotopic (exact) mass is 307 g/mol. The zero-order valence-corrected chi connectivity index (χ0v) is 12.0. The molecule has 1 aromatic carbocycles. The number of methoxy groups -OCH3 is 1. The minimum Gasteiger partial charge on any atom is -0.495 e. The first kappa shape index (κ1) is 14.7. The number of ether oxygens (including phenoxy) is 1. The zero-order valence-electron chi connectivity index (χ0n) is 11.2. The van der Waals surface area contributed by atoms with Crippen molar-refractivity contribution in [2.75, 3.05) is 23.7 Å². The van der Waals surface area contributed by atoms with Gasteiger partial charge in [0.1, 0.15) is 12.0 Å². The van der Waals surface area contributed by atoms with Crippen molar-refractivity contribution >= 4 is 21.5 Å². The number of aromatic nitrogens is 1. The maximum absolute atomic E-state index is 12.2. The van der Waals surface area contributed by atoms with Crippen LogP contribution in [0.3, 0.4) is 0 Å². The maximum Gasteiger partial charge on any atom is 0.263 e. The summed E-state index contributed by atoms with van der Waals surface area (Å²) in [7, 11) is -2.33. The smallest absolute Gasteiger partial charge is 0.263 e. The fourth-order valence-corrected chi connectivity index (χ4v) is 2.60. The van der Waals surface area contributed by atoms with Crippen molar-refractivity contribution in [3.63, 3.8) is 0 Å². The molecule has 110 valence electrons. The quantitative estimate of drug-likeness (QED) is 0.786. The third kappa shape index (κ3) is 3.46. The van der Waals surface area contributed by atoms with Crippen molar-refractivity contribution < 1.29 is 17.7 Å². The average molecular weight is 307 g/mol. The fourth-order valence-electron chi connectivity index (χ4n) is 1.59. The first-order valence-corrected chi connectivity index (χ1v) is 7.33. The van der Waals surface area contributed by atoms with E-state index in [1.807, 2.05) is 0 Å². The van der Waals surface area contributed by atoms with Crippen LogP contribution in [0.15, 0.2) is 39.9 Å². The number of benzene rings is 1. The number of terminal acetylenes is 1. The molecule has 0 fully saturated rings. The number of anilines is 2. The Hall–Kier alpha value is -2.66. The van der Waals surface area contributed by atoms with Crippen LogP contribution in [-0.4, -0.2) is 27.2 Å². The van der Waals surface area contributed by atoms with E-state index < -0.39 is 10.0 Å². The van der Waals surface area contributed by atoms with Crippen LogP contribution < -0.4 is 14.8 Å². The van der Waals surface area contributed by atoms with Gasteiger partial charge in [0.2, 0.25) is 0 Å². The van der Waals surface area contributed by atoms with Gasteiger partial charge in [-0.05, 0) is 12.1 Å². The predicted molar refractivity (Wildman–Crippen MR) is 77.6 cm³/mol. The van der Waals surface area contributed by atoms with Crippen LogP contribution >= 0.6 is 0 Å². The molecule has 0 spiro atoms. The highest BCUT2D eigenvalue weighted by Crippen LogP contribution is 2.28. The van der Waals surface area contributed by atoms with Crippen LogP contribution in [0.5, 0.6) is 5.75 Å². The summed E-state index contributed by atoms with van der Waals surface area (Å²) in [6.07, 6.45) is 6.44. The van der Waals surface area contributed by atoms with Gasteiger partial charge in [-0.1, -0.05) is 11.1 Å². The number of sulfonamides is 1. The first-order valence-electron chi connectivity index (χ1n) is 5.85. The molecular formula is C13H13N3O4S. The normalized spacial score (nSPS) is 10.7. The summed E-state index contributed by atoms with van der Waals surface area (Å²) in [6.45, 7) is 0.305. The van der Waals surface area contributed by atoms with Crippen molar-refractivity contribution in [3.05, 3.63) is 30.5 Å². The molecule has 2 N–H and O–H groups in total. The zero-order chi connectivity index (χ0) is 15.3. The molecule has 0 aliphatic carbocycles. The Balaban J connectivity index is 2.29. The molecule has 0 unspecified atom stereocenters. The van der Waals surface area contributed by atoms with Gasteiger partial charge >= 0.3 is 0 Å². The van der Waals surface area contributed by atoms with Gasteiger partial charge in [0, 0.05) is 12.1 Å². The second kappa shape index (κ2) is 6.19. The number of hydrogen-bond acceptors (Lipinski definition) is 6. The average Bonchev–Trinajstić information content (AvgIpc) is 2.97. The molecule has 1 heterocycles. The number of hydrogen-bond donors (Lipinski definition) is 2. The van der Waals surface area contributed by atoms with E-state index in [2.05, 4.69) is 25.6 Å². The summed E-state index contributed by atoms with van der Waals surface area (Å²) >= 11 is 0. The summed E-state index contributed by atoms with van der Waals surface area (Å²) in [6, 6.07) is 5.80. The van der Waals surface area contributed by atoms with Crippen molar-refractivity contribution in [2.45, 2.75) is 4.90 Å². The van der Waals surface area contributed by atoms with Gasteiger partial charge in [-0.3, -0.25) is 4.72 Å². The first-order chi connectivity index (χ1) is 10.1. The van der Waals surface area contributed by atoms with Crippen molar-refractivity contribution in [1.29, 1.82) is 0 Å². The summed E-state index contributed by atoms with van der Waals surface area (Å²) in [5.41, 5.74) is 0.607. The van der Waals surface area contributed by atoms with Gasteiger partial charge in [0.05, 0.1) is 24.2 Å². The maximum atomic E-state index is 12.2. The summed E-state index contributed by atoms with van der Waals surface area (Å²) in [4.78, 5) is 0.0357. The SMILES string of the molecule is C#CCNc1ccc(S(=O)(=O)Nc2ccon2)cc1OC. The van der Waals surface area contributed by atoms with E-state index in [0.717, 1.165) is 0 Å². The van der Waals surface area contributed by atoms with Gasteiger partial charge < -0.3 is 14.6 Å². The van der Waals surface area contributed by atoms with Gasteiger partial charge in [-0.25, -0.2) is 8.42 Å². The van der Waals surface area contributed by atoms with Crippen molar-refractivity contribution in [1.82, 2.24) is 5.16 Å². The molecule has 0 saturated heterocycles. The van der Waals surface area contributed by atoms with Crippen LogP contribution in [0.1, 0.15) is 0 Å².